The van der Waals surface area contributed by atoms with Gasteiger partial charge in [0, 0.05) is 24.7 Å². The Balaban J connectivity index is 1.80. The van der Waals surface area contributed by atoms with E-state index in [1.165, 1.54) is 31.4 Å². The van der Waals surface area contributed by atoms with Crippen molar-refractivity contribution < 1.29 is 18.3 Å². The van der Waals surface area contributed by atoms with Crippen LogP contribution in [0.2, 0.25) is 0 Å². The number of carbonyl (C=O) groups is 1. The Morgan fingerprint density at radius 3 is 2.46 bits per heavy atom. The van der Waals surface area contributed by atoms with Crippen LogP contribution >= 0.6 is 0 Å². The van der Waals surface area contributed by atoms with Crippen molar-refractivity contribution in [3.8, 4) is 16.9 Å². The van der Waals surface area contributed by atoms with E-state index >= 15 is 0 Å². The lowest BCUT2D eigenvalue weighted by molar-refractivity contribution is 0.0688. The summed E-state index contributed by atoms with van der Waals surface area (Å²) in [5, 5.41) is 0. The second kappa shape index (κ2) is 7.83. The van der Waals surface area contributed by atoms with E-state index in [-0.39, 0.29) is 17.0 Å². The molecule has 2 aromatic carbocycles. The lowest BCUT2D eigenvalue weighted by atomic mass is 9.96. The first kappa shape index (κ1) is 18.3. The first-order valence-corrected chi connectivity index (χ1v) is 8.66. The van der Waals surface area contributed by atoms with Crippen molar-refractivity contribution in [1.29, 1.82) is 0 Å². The van der Waals surface area contributed by atoms with Crippen LogP contribution in [0.25, 0.3) is 11.1 Å². The van der Waals surface area contributed by atoms with E-state index in [0.717, 1.165) is 12.8 Å². The van der Waals surface area contributed by atoms with Gasteiger partial charge in [0.05, 0.1) is 12.7 Å². The highest BCUT2D eigenvalue weighted by molar-refractivity contribution is 5.95. The van der Waals surface area contributed by atoms with E-state index in [0.29, 0.717) is 36.9 Å². The molecule has 0 saturated carbocycles. The zero-order valence-electron chi connectivity index (χ0n) is 14.7. The van der Waals surface area contributed by atoms with Crippen LogP contribution in [0, 0.1) is 17.6 Å². The maximum atomic E-state index is 14.5. The standard InChI is InChI=1S/C20H22F2N2O2/c1-26-15-3-5-16(19(22)11-15)14-2-4-17(18(21)10-14)20(25)24-8-6-13(12-23)7-9-24/h2-5,10-11,13H,6-9,12,23H2,1H3. The van der Waals surface area contributed by atoms with Crippen molar-refractivity contribution in [1.82, 2.24) is 4.90 Å². The number of ether oxygens (including phenoxy) is 1. The highest BCUT2D eigenvalue weighted by Gasteiger charge is 2.25. The molecule has 1 heterocycles. The topological polar surface area (TPSA) is 55.6 Å². The fraction of sp³-hybridized carbons (Fsp3) is 0.350. The van der Waals surface area contributed by atoms with Crippen LogP contribution in [0.4, 0.5) is 8.78 Å². The number of nitrogens with zero attached hydrogens (tertiary/aromatic N) is 1. The van der Waals surface area contributed by atoms with E-state index in [1.807, 2.05) is 0 Å². The highest BCUT2D eigenvalue weighted by Crippen LogP contribution is 2.28. The van der Waals surface area contributed by atoms with Gasteiger partial charge < -0.3 is 15.4 Å². The molecule has 0 atom stereocenters. The average molecular weight is 360 g/mol. The summed E-state index contributed by atoms with van der Waals surface area (Å²) < 4.78 is 33.7. The molecule has 0 bridgehead atoms. The van der Waals surface area contributed by atoms with Crippen LogP contribution in [0.15, 0.2) is 36.4 Å². The van der Waals surface area contributed by atoms with Crippen LogP contribution in [0.3, 0.4) is 0 Å². The zero-order chi connectivity index (χ0) is 18.7. The summed E-state index contributed by atoms with van der Waals surface area (Å²) in [6.45, 7) is 1.77. The van der Waals surface area contributed by atoms with Crippen LogP contribution < -0.4 is 10.5 Å². The fourth-order valence-electron chi connectivity index (χ4n) is 3.26. The number of halogens is 2. The van der Waals surface area contributed by atoms with Crippen LogP contribution in [0.5, 0.6) is 5.75 Å². The van der Waals surface area contributed by atoms with Gasteiger partial charge in [-0.2, -0.15) is 0 Å². The van der Waals surface area contributed by atoms with E-state index in [4.69, 9.17) is 10.5 Å². The van der Waals surface area contributed by atoms with Gasteiger partial charge in [0.1, 0.15) is 17.4 Å². The molecule has 26 heavy (non-hydrogen) atoms. The second-order valence-electron chi connectivity index (χ2n) is 6.51. The minimum atomic E-state index is -0.649. The molecule has 1 fully saturated rings. The van der Waals surface area contributed by atoms with Crippen molar-refractivity contribution in [3.63, 3.8) is 0 Å². The fourth-order valence-corrected chi connectivity index (χ4v) is 3.26. The molecule has 2 aromatic rings. The first-order valence-electron chi connectivity index (χ1n) is 8.66. The number of nitrogens with two attached hydrogens (primary N) is 1. The zero-order valence-corrected chi connectivity index (χ0v) is 14.7. The minimum Gasteiger partial charge on any atom is -0.497 e. The van der Waals surface area contributed by atoms with E-state index in [9.17, 15) is 13.6 Å². The van der Waals surface area contributed by atoms with Crippen molar-refractivity contribution >= 4 is 5.91 Å². The lowest BCUT2D eigenvalue weighted by Crippen LogP contribution is -2.40. The SMILES string of the molecule is COc1ccc(-c2ccc(C(=O)N3CCC(CN)CC3)c(F)c2)c(F)c1. The normalized spacial score (nSPS) is 15.2. The molecule has 4 nitrogen and oxygen atoms in total. The molecule has 1 amide bonds. The van der Waals surface area contributed by atoms with Gasteiger partial charge >= 0.3 is 0 Å². The summed E-state index contributed by atoms with van der Waals surface area (Å²) in [6.07, 6.45) is 1.66. The molecule has 0 spiro atoms. The van der Waals surface area contributed by atoms with Gasteiger partial charge in [-0.25, -0.2) is 8.78 Å². The third-order valence-electron chi connectivity index (χ3n) is 4.92. The minimum absolute atomic E-state index is 0.00821. The Labute approximate surface area is 151 Å². The van der Waals surface area contributed by atoms with E-state index in [1.54, 1.807) is 17.0 Å². The Kier molecular flexibility index (Phi) is 5.52. The van der Waals surface area contributed by atoms with Crippen molar-refractivity contribution in [2.75, 3.05) is 26.7 Å². The molecule has 2 N–H and O–H groups in total. The number of carbonyl (C=O) groups excluding carboxylic acids is 1. The molecule has 0 aliphatic carbocycles. The molecule has 138 valence electrons. The van der Waals surface area contributed by atoms with Gasteiger partial charge in [-0.1, -0.05) is 6.07 Å². The number of methoxy groups -OCH3 is 1. The number of likely N-dealkylation sites (tertiary alicyclic amines) is 1. The molecule has 0 radical (unpaired) electrons. The van der Waals surface area contributed by atoms with E-state index < -0.39 is 11.6 Å². The molecule has 3 rings (SSSR count). The number of piperidine rings is 1. The van der Waals surface area contributed by atoms with Crippen molar-refractivity contribution in [3.05, 3.63) is 53.6 Å². The number of rotatable bonds is 4. The van der Waals surface area contributed by atoms with Crippen molar-refractivity contribution in [2.45, 2.75) is 12.8 Å². The number of amides is 1. The predicted octanol–water partition coefficient (Wildman–Crippen LogP) is 3.45. The monoisotopic (exact) mass is 360 g/mol. The van der Waals surface area contributed by atoms with Gasteiger partial charge in [0.25, 0.3) is 5.91 Å². The maximum absolute atomic E-state index is 14.5. The summed E-state index contributed by atoms with van der Waals surface area (Å²) in [4.78, 5) is 14.2. The molecular formula is C20H22F2N2O2. The summed E-state index contributed by atoms with van der Waals surface area (Å²) in [7, 11) is 1.45. The number of hydrogen-bond acceptors (Lipinski definition) is 3. The van der Waals surface area contributed by atoms with Crippen LogP contribution in [0.1, 0.15) is 23.2 Å². The van der Waals surface area contributed by atoms with Crippen LogP contribution in [-0.2, 0) is 0 Å². The second-order valence-corrected chi connectivity index (χ2v) is 6.51. The Bertz CT molecular complexity index is 802. The largest absolute Gasteiger partial charge is 0.497 e. The van der Waals surface area contributed by atoms with Crippen molar-refractivity contribution in [2.24, 2.45) is 11.7 Å². The summed E-state index contributed by atoms with van der Waals surface area (Å²) >= 11 is 0. The molecule has 6 heteroatoms. The summed E-state index contributed by atoms with van der Waals surface area (Å²) in [5.41, 5.74) is 6.30. The van der Waals surface area contributed by atoms with Gasteiger partial charge in [0.2, 0.25) is 0 Å². The van der Waals surface area contributed by atoms with Gasteiger partial charge in [-0.15, -0.1) is 0 Å². The smallest absolute Gasteiger partial charge is 0.256 e. The summed E-state index contributed by atoms with van der Waals surface area (Å²) in [6, 6.07) is 8.57. The first-order chi connectivity index (χ1) is 12.5. The van der Waals surface area contributed by atoms with Gasteiger partial charge in [-0.3, -0.25) is 4.79 Å². The molecular weight excluding hydrogens is 338 g/mol. The van der Waals surface area contributed by atoms with Crippen LogP contribution in [-0.4, -0.2) is 37.6 Å². The highest BCUT2D eigenvalue weighted by atomic mass is 19.1. The van der Waals surface area contributed by atoms with Gasteiger partial charge in [0.15, 0.2) is 0 Å². The number of benzene rings is 2. The molecule has 1 aliphatic rings. The lowest BCUT2D eigenvalue weighted by Gasteiger charge is -2.31. The molecule has 1 aliphatic heterocycles. The maximum Gasteiger partial charge on any atom is 0.256 e. The molecule has 1 saturated heterocycles. The van der Waals surface area contributed by atoms with E-state index in [2.05, 4.69) is 0 Å². The predicted molar refractivity (Wildman–Crippen MR) is 96.0 cm³/mol. The third-order valence-corrected chi connectivity index (χ3v) is 4.92. The Morgan fingerprint density at radius 1 is 1.15 bits per heavy atom. The average Bonchev–Trinajstić information content (AvgIpc) is 2.67. The quantitative estimate of drug-likeness (QED) is 0.909. The summed E-state index contributed by atoms with van der Waals surface area (Å²) in [5.74, 6) is -0.682. The van der Waals surface area contributed by atoms with Gasteiger partial charge in [-0.05, 0) is 55.1 Å². The third kappa shape index (κ3) is 3.70. The molecule has 0 aromatic heterocycles. The Morgan fingerprint density at radius 2 is 1.88 bits per heavy atom. The molecule has 0 unspecified atom stereocenters. The Hall–Kier alpha value is -2.47. The number of hydrogen-bond donors (Lipinski definition) is 1.